The lowest BCUT2D eigenvalue weighted by Gasteiger charge is -2.29. The van der Waals surface area contributed by atoms with E-state index in [4.69, 9.17) is 4.74 Å². The summed E-state index contributed by atoms with van der Waals surface area (Å²) in [5.41, 5.74) is 2.31. The number of nitrogens with one attached hydrogen (secondary N) is 1. The van der Waals surface area contributed by atoms with Gasteiger partial charge in [0.25, 0.3) is 5.91 Å². The maximum absolute atomic E-state index is 13.1. The van der Waals surface area contributed by atoms with Crippen molar-refractivity contribution in [3.8, 4) is 5.75 Å². The highest BCUT2D eigenvalue weighted by Crippen LogP contribution is 2.29. The highest BCUT2D eigenvalue weighted by atomic mass is 79.9. The van der Waals surface area contributed by atoms with Gasteiger partial charge in [0.1, 0.15) is 11.8 Å². The van der Waals surface area contributed by atoms with Gasteiger partial charge in [0.2, 0.25) is 5.91 Å². The molecular weight excluding hydrogens is 468 g/mol. The predicted octanol–water partition coefficient (Wildman–Crippen LogP) is 5.18. The molecule has 0 radical (unpaired) electrons. The summed E-state index contributed by atoms with van der Waals surface area (Å²) < 4.78 is 6.64. The third-order valence-electron chi connectivity index (χ3n) is 5.31. The molecule has 0 aliphatic heterocycles. The minimum atomic E-state index is -0.583. The maximum Gasteiger partial charge on any atom is 0.261 e. The molecule has 1 unspecified atom stereocenters. The minimum Gasteiger partial charge on any atom is -0.483 e. The van der Waals surface area contributed by atoms with Crippen molar-refractivity contribution in [1.82, 2.24) is 10.2 Å². The molecule has 0 fully saturated rings. The van der Waals surface area contributed by atoms with Crippen molar-refractivity contribution in [1.29, 1.82) is 0 Å². The number of hydrogen-bond donors (Lipinski definition) is 1. The highest BCUT2D eigenvalue weighted by molar-refractivity contribution is 9.10. The normalized spacial score (nSPS) is 12.0. The second kappa shape index (κ2) is 12.6. The zero-order chi connectivity index (χ0) is 23.7. The molecule has 2 rings (SSSR count). The van der Waals surface area contributed by atoms with Gasteiger partial charge in [-0.05, 0) is 64.4 Å². The van der Waals surface area contributed by atoms with Crippen LogP contribution in [0, 0.1) is 5.92 Å². The van der Waals surface area contributed by atoms with E-state index < -0.39 is 6.04 Å². The molecule has 0 saturated carbocycles. The van der Waals surface area contributed by atoms with Crippen LogP contribution in [0.25, 0.3) is 0 Å². The van der Waals surface area contributed by atoms with E-state index >= 15 is 0 Å². The Morgan fingerprint density at radius 2 is 1.72 bits per heavy atom. The smallest absolute Gasteiger partial charge is 0.261 e. The fourth-order valence-electron chi connectivity index (χ4n) is 3.24. The van der Waals surface area contributed by atoms with Crippen LogP contribution in [0.5, 0.6) is 5.75 Å². The minimum absolute atomic E-state index is 0.129. The van der Waals surface area contributed by atoms with E-state index in [1.165, 1.54) is 5.56 Å². The maximum atomic E-state index is 13.1. The van der Waals surface area contributed by atoms with Crippen LogP contribution in [0.3, 0.4) is 0 Å². The van der Waals surface area contributed by atoms with E-state index in [0.29, 0.717) is 37.1 Å². The fourth-order valence-corrected chi connectivity index (χ4v) is 3.75. The van der Waals surface area contributed by atoms with Gasteiger partial charge < -0.3 is 15.0 Å². The number of nitrogens with zero attached hydrogens (tertiary/aromatic N) is 1. The Morgan fingerprint density at radius 1 is 1.03 bits per heavy atom. The molecule has 0 bridgehead atoms. The lowest BCUT2D eigenvalue weighted by Crippen LogP contribution is -2.50. The molecule has 0 aliphatic rings. The van der Waals surface area contributed by atoms with Crippen LogP contribution in [0.15, 0.2) is 53.0 Å². The van der Waals surface area contributed by atoms with Crippen molar-refractivity contribution in [3.05, 3.63) is 64.1 Å². The molecule has 2 amide bonds. The number of ether oxygens (including phenoxy) is 1. The standard InChI is InChI=1S/C26H35BrN2O3/c1-18(2)16-28-26(31)20(5)29(14-13-21-9-7-6-8-10-21)25(30)17-32-24-12-11-22(19(3)4)15-23(24)27/h6-12,15,18-20H,13-14,16-17H2,1-5H3,(H,28,31). The number of rotatable bonds is 11. The Morgan fingerprint density at radius 3 is 2.31 bits per heavy atom. The van der Waals surface area contributed by atoms with E-state index in [-0.39, 0.29) is 18.4 Å². The van der Waals surface area contributed by atoms with Crippen LogP contribution in [0.1, 0.15) is 51.7 Å². The molecule has 2 aromatic rings. The van der Waals surface area contributed by atoms with Crippen LogP contribution >= 0.6 is 15.9 Å². The number of carbonyl (C=O) groups excluding carboxylic acids is 2. The van der Waals surface area contributed by atoms with Gasteiger partial charge in [0.05, 0.1) is 4.47 Å². The molecule has 2 aromatic carbocycles. The molecule has 32 heavy (non-hydrogen) atoms. The van der Waals surface area contributed by atoms with Crippen molar-refractivity contribution in [3.63, 3.8) is 0 Å². The largest absolute Gasteiger partial charge is 0.483 e. The van der Waals surface area contributed by atoms with Gasteiger partial charge in [0, 0.05) is 13.1 Å². The monoisotopic (exact) mass is 502 g/mol. The predicted molar refractivity (Wildman–Crippen MR) is 133 cm³/mol. The van der Waals surface area contributed by atoms with Gasteiger partial charge in [-0.2, -0.15) is 0 Å². The Labute approximate surface area is 200 Å². The third-order valence-corrected chi connectivity index (χ3v) is 5.93. The Kier molecular flexibility index (Phi) is 10.2. The first-order chi connectivity index (χ1) is 15.2. The Bertz CT molecular complexity index is 884. The van der Waals surface area contributed by atoms with Crippen LogP contribution in [0.2, 0.25) is 0 Å². The number of halogens is 1. The van der Waals surface area contributed by atoms with E-state index in [1.54, 1.807) is 11.8 Å². The molecule has 0 aromatic heterocycles. The molecule has 1 N–H and O–H groups in total. The molecule has 0 saturated heterocycles. The summed E-state index contributed by atoms with van der Waals surface area (Å²) in [7, 11) is 0. The van der Waals surface area contributed by atoms with Gasteiger partial charge in [-0.3, -0.25) is 9.59 Å². The van der Waals surface area contributed by atoms with Gasteiger partial charge in [-0.15, -0.1) is 0 Å². The number of benzene rings is 2. The van der Waals surface area contributed by atoms with E-state index in [1.807, 2.05) is 62.4 Å². The third kappa shape index (κ3) is 7.97. The zero-order valence-corrected chi connectivity index (χ0v) is 21.3. The fraction of sp³-hybridized carbons (Fsp3) is 0.462. The quantitative estimate of drug-likeness (QED) is 0.460. The Balaban J connectivity index is 2.09. The molecule has 174 valence electrons. The second-order valence-corrected chi connectivity index (χ2v) is 9.63. The Hall–Kier alpha value is -2.34. The van der Waals surface area contributed by atoms with E-state index in [9.17, 15) is 9.59 Å². The molecule has 0 heterocycles. The first-order valence-electron chi connectivity index (χ1n) is 11.2. The van der Waals surface area contributed by atoms with Crippen molar-refractivity contribution >= 4 is 27.7 Å². The molecule has 0 spiro atoms. The van der Waals surface area contributed by atoms with Gasteiger partial charge in [0.15, 0.2) is 6.61 Å². The van der Waals surface area contributed by atoms with Gasteiger partial charge in [-0.1, -0.05) is 64.1 Å². The van der Waals surface area contributed by atoms with E-state index in [0.717, 1.165) is 10.0 Å². The SMILES string of the molecule is CC(C)CNC(=O)C(C)N(CCc1ccccc1)C(=O)COc1ccc(C(C)C)cc1Br. The highest BCUT2D eigenvalue weighted by Gasteiger charge is 2.26. The van der Waals surface area contributed by atoms with Crippen molar-refractivity contribution < 1.29 is 14.3 Å². The summed E-state index contributed by atoms with van der Waals surface area (Å²) in [6, 6.07) is 15.3. The van der Waals surface area contributed by atoms with Crippen LogP contribution in [-0.2, 0) is 16.0 Å². The molecule has 1 atom stereocenters. The second-order valence-electron chi connectivity index (χ2n) is 8.77. The van der Waals surface area contributed by atoms with Crippen molar-refractivity contribution in [2.75, 3.05) is 19.7 Å². The first kappa shape index (κ1) is 25.9. The van der Waals surface area contributed by atoms with Crippen LogP contribution in [0.4, 0.5) is 0 Å². The van der Waals surface area contributed by atoms with Crippen molar-refractivity contribution in [2.24, 2.45) is 5.92 Å². The summed E-state index contributed by atoms with van der Waals surface area (Å²) >= 11 is 3.54. The van der Waals surface area contributed by atoms with Gasteiger partial charge in [-0.25, -0.2) is 0 Å². The summed E-state index contributed by atoms with van der Waals surface area (Å²) in [5, 5.41) is 2.93. The summed E-state index contributed by atoms with van der Waals surface area (Å²) in [5.74, 6) is 0.994. The molecule has 5 nitrogen and oxygen atoms in total. The lowest BCUT2D eigenvalue weighted by atomic mass is 10.0. The van der Waals surface area contributed by atoms with Crippen LogP contribution < -0.4 is 10.1 Å². The average molecular weight is 503 g/mol. The first-order valence-corrected chi connectivity index (χ1v) is 12.0. The lowest BCUT2D eigenvalue weighted by molar-refractivity contribution is -0.141. The summed E-state index contributed by atoms with van der Waals surface area (Å²) in [4.78, 5) is 27.4. The zero-order valence-electron chi connectivity index (χ0n) is 19.7. The van der Waals surface area contributed by atoms with Crippen molar-refractivity contribution in [2.45, 2.75) is 53.0 Å². The van der Waals surface area contributed by atoms with Crippen LogP contribution in [-0.4, -0.2) is 42.5 Å². The molecule has 6 heteroatoms. The summed E-state index contributed by atoms with van der Waals surface area (Å²) in [6.45, 7) is 11.0. The number of carbonyl (C=O) groups is 2. The number of amides is 2. The topological polar surface area (TPSA) is 58.6 Å². The number of hydrogen-bond acceptors (Lipinski definition) is 3. The molecule has 0 aliphatic carbocycles. The molecular formula is C26H35BrN2O3. The average Bonchev–Trinajstić information content (AvgIpc) is 2.77. The van der Waals surface area contributed by atoms with Gasteiger partial charge >= 0.3 is 0 Å². The van der Waals surface area contributed by atoms with E-state index in [2.05, 4.69) is 35.1 Å². The summed E-state index contributed by atoms with van der Waals surface area (Å²) in [6.07, 6.45) is 0.668.